The molecule has 2 aliphatic rings. The molecule has 2 saturated heterocycles. The van der Waals surface area contributed by atoms with Crippen LogP contribution in [-0.2, 0) is 13.1 Å². The third-order valence-corrected chi connectivity index (χ3v) is 7.90. The first-order valence-corrected chi connectivity index (χ1v) is 14.6. The smallest absolute Gasteiger partial charge is 0.275 e. The molecule has 0 aliphatic carbocycles. The first-order valence-electron chi connectivity index (χ1n) is 14.6. The molecule has 6 rings (SSSR count). The van der Waals surface area contributed by atoms with Gasteiger partial charge in [-0.25, -0.2) is 9.97 Å². The summed E-state index contributed by atoms with van der Waals surface area (Å²) >= 11 is 0. The van der Waals surface area contributed by atoms with Crippen LogP contribution in [0.25, 0.3) is 22.1 Å². The maximum absolute atomic E-state index is 11.6. The molecule has 0 aromatic carbocycles. The van der Waals surface area contributed by atoms with Gasteiger partial charge in [0.2, 0.25) is 0 Å². The zero-order chi connectivity index (χ0) is 27.8. The molecule has 212 valence electrons. The number of fused-ring (bicyclic) bond motifs is 2. The minimum atomic E-state index is -0.0980. The summed E-state index contributed by atoms with van der Waals surface area (Å²) in [5.41, 5.74) is 4.83. The molecule has 4 aromatic rings. The first-order chi connectivity index (χ1) is 19.1. The number of aromatic amines is 4. The second-order valence-corrected chi connectivity index (χ2v) is 10.5. The normalized spacial score (nSPS) is 19.7. The summed E-state index contributed by atoms with van der Waals surface area (Å²) in [5.74, 6) is 1.66. The molecule has 39 heavy (non-hydrogen) atoms. The molecule has 2 atom stereocenters. The van der Waals surface area contributed by atoms with Crippen LogP contribution in [0.2, 0.25) is 0 Å². The topological polar surface area (TPSA) is 130 Å². The molecular weight excluding hydrogens is 492 g/mol. The number of H-pyrrole nitrogens is 4. The summed E-state index contributed by atoms with van der Waals surface area (Å²) in [7, 11) is 0. The van der Waals surface area contributed by atoms with Crippen LogP contribution in [0, 0.1) is 11.8 Å². The van der Waals surface area contributed by atoms with Crippen molar-refractivity contribution in [2.45, 2.75) is 72.9 Å². The monoisotopic (exact) mass is 536 g/mol. The van der Waals surface area contributed by atoms with Gasteiger partial charge in [-0.3, -0.25) is 19.4 Å². The van der Waals surface area contributed by atoms with Gasteiger partial charge in [-0.05, 0) is 44.2 Å². The highest BCUT2D eigenvalue weighted by atomic mass is 16.1. The lowest BCUT2D eigenvalue weighted by atomic mass is 10.0. The van der Waals surface area contributed by atoms with Crippen LogP contribution in [0.1, 0.15) is 70.9 Å². The predicted molar refractivity (Wildman–Crippen MR) is 157 cm³/mol. The molecule has 10 nitrogen and oxygen atoms in total. The lowest BCUT2D eigenvalue weighted by molar-refractivity contribution is 0.314. The Hall–Kier alpha value is -3.24. The van der Waals surface area contributed by atoms with Gasteiger partial charge < -0.3 is 19.9 Å². The van der Waals surface area contributed by atoms with Crippen molar-refractivity contribution in [3.05, 3.63) is 56.9 Å². The van der Waals surface area contributed by atoms with Crippen LogP contribution in [0.3, 0.4) is 0 Å². The summed E-state index contributed by atoms with van der Waals surface area (Å²) in [4.78, 5) is 47.9. The maximum Gasteiger partial charge on any atom is 0.275 e. The Morgan fingerprint density at radius 1 is 0.769 bits per heavy atom. The molecular formula is C29H44N8O2. The van der Waals surface area contributed by atoms with E-state index >= 15 is 0 Å². The van der Waals surface area contributed by atoms with Gasteiger partial charge in [0.05, 0.1) is 23.7 Å². The van der Waals surface area contributed by atoms with Crippen LogP contribution >= 0.6 is 0 Å². The Morgan fingerprint density at radius 2 is 1.26 bits per heavy atom. The molecule has 0 bridgehead atoms. The standard InChI is InChI=1S/C14H20N4O.C13H18N4O.C2H6/c1-2-3-10-4-5-18(7-10)8-11-6-15-13-12(11)16-9-17-14(13)19;1-2-9-3-4-17(6-9)7-10-5-14-12-11(10)15-8-16-13(12)18;1-2/h6,9-10,15H,2-5,7-8H2,1H3,(H,16,17,19);5,8-9,14H,2-4,6-7H2,1H3,(H,15,16,18);1-2H3/t10-;9-;/m11./s1. The van der Waals surface area contributed by atoms with E-state index in [4.69, 9.17) is 0 Å². The van der Waals surface area contributed by atoms with Gasteiger partial charge in [-0.15, -0.1) is 0 Å². The second-order valence-electron chi connectivity index (χ2n) is 10.5. The average molecular weight is 537 g/mol. The Balaban J connectivity index is 0.000000170. The second kappa shape index (κ2) is 13.7. The largest absolute Gasteiger partial charge is 0.355 e. The molecule has 4 N–H and O–H groups in total. The van der Waals surface area contributed by atoms with Crippen molar-refractivity contribution in [3.63, 3.8) is 0 Å². The van der Waals surface area contributed by atoms with Crippen molar-refractivity contribution in [1.82, 2.24) is 39.7 Å². The lowest BCUT2D eigenvalue weighted by Gasteiger charge is -2.14. The maximum atomic E-state index is 11.6. The van der Waals surface area contributed by atoms with Crippen LogP contribution in [-0.4, -0.2) is 65.9 Å². The Bertz CT molecular complexity index is 1430. The molecule has 2 aliphatic heterocycles. The van der Waals surface area contributed by atoms with Crippen molar-refractivity contribution < 1.29 is 0 Å². The number of nitrogens with zero attached hydrogens (tertiary/aromatic N) is 4. The van der Waals surface area contributed by atoms with Gasteiger partial charge in [0, 0.05) is 49.7 Å². The summed E-state index contributed by atoms with van der Waals surface area (Å²) < 4.78 is 0. The fraction of sp³-hybridized carbons (Fsp3) is 0.586. The Labute approximate surface area is 229 Å². The van der Waals surface area contributed by atoms with Crippen molar-refractivity contribution in [2.24, 2.45) is 11.8 Å². The van der Waals surface area contributed by atoms with E-state index in [9.17, 15) is 9.59 Å². The molecule has 4 aromatic heterocycles. The first kappa shape index (κ1) is 28.8. The minimum absolute atomic E-state index is 0.0958. The fourth-order valence-electron chi connectivity index (χ4n) is 5.82. The number of rotatable bonds is 7. The molecule has 6 heterocycles. The van der Waals surface area contributed by atoms with Crippen LogP contribution in [0.4, 0.5) is 0 Å². The number of nitrogens with one attached hydrogen (secondary N) is 4. The third kappa shape index (κ3) is 6.86. The van der Waals surface area contributed by atoms with Crippen LogP contribution in [0.15, 0.2) is 34.6 Å². The van der Waals surface area contributed by atoms with Crippen LogP contribution in [0.5, 0.6) is 0 Å². The third-order valence-electron chi connectivity index (χ3n) is 7.90. The molecule has 0 amide bonds. The zero-order valence-corrected chi connectivity index (χ0v) is 23.8. The number of aromatic nitrogens is 6. The molecule has 10 heteroatoms. The van der Waals surface area contributed by atoms with Gasteiger partial charge in [0.25, 0.3) is 11.1 Å². The summed E-state index contributed by atoms with van der Waals surface area (Å²) in [6.45, 7) is 14.9. The van der Waals surface area contributed by atoms with E-state index in [-0.39, 0.29) is 11.1 Å². The highest BCUT2D eigenvalue weighted by molar-refractivity contribution is 5.78. The zero-order valence-electron chi connectivity index (χ0n) is 23.8. The van der Waals surface area contributed by atoms with E-state index in [2.05, 4.69) is 53.6 Å². The fourth-order valence-corrected chi connectivity index (χ4v) is 5.82. The summed E-state index contributed by atoms with van der Waals surface area (Å²) in [6.07, 6.45) is 13.2. The molecule has 0 saturated carbocycles. The van der Waals surface area contributed by atoms with Crippen molar-refractivity contribution >= 4 is 22.1 Å². The van der Waals surface area contributed by atoms with E-state index < -0.39 is 0 Å². The van der Waals surface area contributed by atoms with Gasteiger partial charge in [-0.1, -0.05) is 40.5 Å². The van der Waals surface area contributed by atoms with Crippen molar-refractivity contribution in [3.8, 4) is 0 Å². The quantitative estimate of drug-likeness (QED) is 0.277. The van der Waals surface area contributed by atoms with E-state index in [1.165, 1.54) is 51.3 Å². The van der Waals surface area contributed by atoms with E-state index in [1.807, 2.05) is 26.2 Å². The highest BCUT2D eigenvalue weighted by Gasteiger charge is 2.23. The van der Waals surface area contributed by atoms with Gasteiger partial charge in [0.1, 0.15) is 11.0 Å². The molecule has 2 fully saturated rings. The Morgan fingerprint density at radius 3 is 1.72 bits per heavy atom. The lowest BCUT2D eigenvalue weighted by Crippen LogP contribution is -2.20. The van der Waals surface area contributed by atoms with Crippen molar-refractivity contribution in [1.29, 1.82) is 0 Å². The van der Waals surface area contributed by atoms with Gasteiger partial charge in [-0.2, -0.15) is 0 Å². The predicted octanol–water partition coefficient (Wildman–Crippen LogP) is 4.38. The number of hydrogen-bond donors (Lipinski definition) is 4. The molecule has 0 radical (unpaired) electrons. The van der Waals surface area contributed by atoms with Gasteiger partial charge in [0.15, 0.2) is 0 Å². The molecule has 0 spiro atoms. The summed E-state index contributed by atoms with van der Waals surface area (Å²) in [6, 6.07) is 0. The van der Waals surface area contributed by atoms with Crippen molar-refractivity contribution in [2.75, 3.05) is 26.2 Å². The number of likely N-dealkylation sites (tertiary alicyclic amines) is 2. The Kier molecular flexibility index (Phi) is 10.1. The number of hydrogen-bond acceptors (Lipinski definition) is 6. The van der Waals surface area contributed by atoms with E-state index in [1.54, 1.807) is 0 Å². The van der Waals surface area contributed by atoms with E-state index in [0.717, 1.165) is 66.7 Å². The van der Waals surface area contributed by atoms with E-state index in [0.29, 0.717) is 11.0 Å². The minimum Gasteiger partial charge on any atom is -0.355 e. The molecule has 0 unspecified atom stereocenters. The highest BCUT2D eigenvalue weighted by Crippen LogP contribution is 2.24. The SMILES string of the molecule is CC.CCC[C@@H]1CCN(Cc2c[nH]c3c(=O)[nH]cnc23)C1.CC[C@@H]1CCN(Cc2c[nH]c3c(=O)[nH]cnc23)C1. The average Bonchev–Trinajstić information content (AvgIpc) is 3.76. The van der Waals surface area contributed by atoms with Crippen LogP contribution < -0.4 is 11.1 Å². The van der Waals surface area contributed by atoms with Gasteiger partial charge >= 0.3 is 0 Å². The summed E-state index contributed by atoms with van der Waals surface area (Å²) in [5, 5.41) is 0.